The molecule has 0 spiro atoms. The number of aryl methyl sites for hydroxylation is 1. The number of benzene rings is 3. The van der Waals surface area contributed by atoms with Crippen molar-refractivity contribution in [3.05, 3.63) is 89.5 Å². The van der Waals surface area contributed by atoms with Gasteiger partial charge < -0.3 is 20.2 Å². The van der Waals surface area contributed by atoms with Crippen molar-refractivity contribution >= 4 is 38.2 Å². The molecule has 4 N–H and O–H groups in total. The van der Waals surface area contributed by atoms with Gasteiger partial charge in [0, 0.05) is 10.9 Å². The molecule has 0 unspecified atom stereocenters. The van der Waals surface area contributed by atoms with Gasteiger partial charge in [0.15, 0.2) is 11.6 Å². The first-order chi connectivity index (χ1) is 20.1. The van der Waals surface area contributed by atoms with Crippen LogP contribution in [0.15, 0.2) is 66.9 Å². The number of carbonyl (C=O) groups excluding carboxylic acids is 1. The SMILES string of the molecule is COc1cc2cc(C(=O)c3cnn(-c4ccc(Oc5ccccc5F)cc4C)c3N)[nH]c2cc1NS(=O)(=O)CCCF. The second kappa shape index (κ2) is 11.5. The number of alkyl halides is 1. The Kier molecular flexibility index (Phi) is 7.85. The lowest BCUT2D eigenvalue weighted by Crippen LogP contribution is -2.17. The molecule has 0 bridgehead atoms. The van der Waals surface area contributed by atoms with E-state index in [1.807, 2.05) is 0 Å². The van der Waals surface area contributed by atoms with Crippen molar-refractivity contribution in [3.63, 3.8) is 0 Å². The number of nitrogens with zero attached hydrogens (tertiary/aromatic N) is 2. The highest BCUT2D eigenvalue weighted by Gasteiger charge is 2.22. The standard InChI is InChI=1S/C29H27F2N5O5S/c1-17-12-19(41-26-7-4-3-6-21(26)31)8-9-25(17)36-29(32)20(16-33-36)28(37)24-13-18-14-27(40-2)23(15-22(18)34-24)35-42(38,39)11-5-10-30/h3-4,6-9,12-16,34-35H,5,10-11,32H2,1-2H3. The van der Waals surface area contributed by atoms with Gasteiger partial charge in [-0.05, 0) is 67.4 Å². The maximum atomic E-state index is 14.0. The van der Waals surface area contributed by atoms with E-state index in [1.54, 1.807) is 49.4 Å². The molecular weight excluding hydrogens is 568 g/mol. The molecule has 10 nitrogen and oxygen atoms in total. The molecule has 2 heterocycles. The number of methoxy groups -OCH3 is 1. The molecule has 2 aromatic heterocycles. The number of rotatable bonds is 11. The lowest BCUT2D eigenvalue weighted by atomic mass is 10.1. The van der Waals surface area contributed by atoms with Crippen LogP contribution in [-0.4, -0.2) is 48.5 Å². The number of H-pyrrole nitrogens is 1. The maximum Gasteiger partial charge on any atom is 0.232 e. The summed E-state index contributed by atoms with van der Waals surface area (Å²) in [7, 11) is -2.42. The summed E-state index contributed by atoms with van der Waals surface area (Å²) >= 11 is 0. The molecule has 0 amide bonds. The molecule has 218 valence electrons. The predicted octanol–water partition coefficient (Wildman–Crippen LogP) is 5.52. The van der Waals surface area contributed by atoms with Gasteiger partial charge in [-0.25, -0.2) is 17.5 Å². The fourth-order valence-corrected chi connectivity index (χ4v) is 5.53. The second-order valence-corrected chi connectivity index (χ2v) is 11.3. The number of nitrogens with one attached hydrogen (secondary N) is 2. The minimum absolute atomic E-state index is 0.0911. The fourth-order valence-electron chi connectivity index (χ4n) is 4.45. The number of nitrogen functional groups attached to an aromatic ring is 1. The van der Waals surface area contributed by atoms with Crippen LogP contribution in [0, 0.1) is 12.7 Å². The third kappa shape index (κ3) is 5.77. The monoisotopic (exact) mass is 595 g/mol. The highest BCUT2D eigenvalue weighted by molar-refractivity contribution is 7.92. The van der Waals surface area contributed by atoms with Crippen LogP contribution < -0.4 is 19.9 Å². The van der Waals surface area contributed by atoms with Gasteiger partial charge in [-0.3, -0.25) is 13.9 Å². The molecular formula is C29H27F2N5O5S. The number of carbonyl (C=O) groups is 1. The number of halogens is 2. The van der Waals surface area contributed by atoms with E-state index < -0.39 is 28.3 Å². The molecule has 0 saturated heterocycles. The molecule has 0 fully saturated rings. The number of hydrogen-bond acceptors (Lipinski definition) is 7. The summed E-state index contributed by atoms with van der Waals surface area (Å²) in [5, 5.41) is 4.91. The summed E-state index contributed by atoms with van der Waals surface area (Å²) in [4.78, 5) is 16.4. The van der Waals surface area contributed by atoms with Crippen molar-refractivity contribution < 1.29 is 31.5 Å². The van der Waals surface area contributed by atoms with Gasteiger partial charge >= 0.3 is 0 Å². The van der Waals surface area contributed by atoms with Crippen LogP contribution in [0.1, 0.15) is 28.0 Å². The zero-order chi connectivity index (χ0) is 30.0. The first kappa shape index (κ1) is 28.6. The minimum Gasteiger partial charge on any atom is -0.495 e. The number of para-hydroxylation sites is 1. The first-order valence-electron chi connectivity index (χ1n) is 12.8. The van der Waals surface area contributed by atoms with Crippen molar-refractivity contribution in [2.75, 3.05) is 30.0 Å². The number of ether oxygens (including phenoxy) is 2. The van der Waals surface area contributed by atoms with Crippen molar-refractivity contribution in [2.24, 2.45) is 0 Å². The maximum absolute atomic E-state index is 14.0. The van der Waals surface area contributed by atoms with E-state index in [0.29, 0.717) is 22.3 Å². The summed E-state index contributed by atoms with van der Waals surface area (Å²) in [6.45, 7) is 1.05. The van der Waals surface area contributed by atoms with Crippen LogP contribution in [0.4, 0.5) is 20.3 Å². The molecule has 13 heteroatoms. The topological polar surface area (TPSA) is 141 Å². The second-order valence-electron chi connectivity index (χ2n) is 9.45. The van der Waals surface area contributed by atoms with Crippen LogP contribution in [0.3, 0.4) is 0 Å². The molecule has 42 heavy (non-hydrogen) atoms. The van der Waals surface area contributed by atoms with E-state index in [-0.39, 0.29) is 46.4 Å². The van der Waals surface area contributed by atoms with Gasteiger partial charge in [0.25, 0.3) is 0 Å². The Labute approximate surface area is 240 Å². The number of anilines is 2. The highest BCUT2D eigenvalue weighted by atomic mass is 32.2. The largest absolute Gasteiger partial charge is 0.495 e. The zero-order valence-electron chi connectivity index (χ0n) is 22.6. The van der Waals surface area contributed by atoms with Crippen LogP contribution in [0.5, 0.6) is 17.2 Å². The lowest BCUT2D eigenvalue weighted by Gasteiger charge is -2.12. The molecule has 0 saturated carbocycles. The fraction of sp³-hybridized carbons (Fsp3) is 0.172. The Hall–Kier alpha value is -4.91. The predicted molar refractivity (Wildman–Crippen MR) is 155 cm³/mol. The number of fused-ring (bicyclic) bond motifs is 1. The highest BCUT2D eigenvalue weighted by Crippen LogP contribution is 2.33. The van der Waals surface area contributed by atoms with E-state index in [4.69, 9.17) is 15.2 Å². The summed E-state index contributed by atoms with van der Waals surface area (Å²) in [5.41, 5.74) is 8.63. The van der Waals surface area contributed by atoms with E-state index in [0.717, 1.165) is 5.56 Å². The van der Waals surface area contributed by atoms with Crippen molar-refractivity contribution in [1.29, 1.82) is 0 Å². The summed E-state index contributed by atoms with van der Waals surface area (Å²) < 4.78 is 65.9. The number of aromatic nitrogens is 3. The quantitative estimate of drug-likeness (QED) is 0.171. The molecule has 0 aliphatic carbocycles. The Morgan fingerprint density at radius 2 is 1.90 bits per heavy atom. The molecule has 0 aliphatic heterocycles. The average molecular weight is 596 g/mol. The average Bonchev–Trinajstić information content (AvgIpc) is 3.55. The zero-order valence-corrected chi connectivity index (χ0v) is 23.5. The van der Waals surface area contributed by atoms with Crippen molar-refractivity contribution in [1.82, 2.24) is 14.8 Å². The normalized spacial score (nSPS) is 11.5. The van der Waals surface area contributed by atoms with Crippen LogP contribution in [0.25, 0.3) is 16.6 Å². The van der Waals surface area contributed by atoms with Crippen molar-refractivity contribution in [2.45, 2.75) is 13.3 Å². The molecule has 0 aliphatic rings. The van der Waals surface area contributed by atoms with Crippen LogP contribution in [-0.2, 0) is 10.0 Å². The minimum atomic E-state index is -3.81. The van der Waals surface area contributed by atoms with E-state index in [1.165, 1.54) is 36.2 Å². The lowest BCUT2D eigenvalue weighted by molar-refractivity contribution is 0.103. The number of hydrogen-bond donors (Lipinski definition) is 3. The third-order valence-electron chi connectivity index (χ3n) is 6.51. The smallest absolute Gasteiger partial charge is 0.232 e. The number of aromatic amines is 1. The van der Waals surface area contributed by atoms with Gasteiger partial charge in [-0.15, -0.1) is 0 Å². The first-order valence-corrected chi connectivity index (χ1v) is 14.4. The molecule has 0 atom stereocenters. The molecule has 0 radical (unpaired) electrons. The molecule has 5 rings (SSSR count). The van der Waals surface area contributed by atoms with Gasteiger partial charge in [0.05, 0.1) is 48.4 Å². The summed E-state index contributed by atoms with van der Waals surface area (Å²) in [6.07, 6.45) is 1.22. The summed E-state index contributed by atoms with van der Waals surface area (Å²) in [6, 6.07) is 15.8. The summed E-state index contributed by atoms with van der Waals surface area (Å²) in [5.74, 6) is -0.466. The van der Waals surface area contributed by atoms with E-state index >= 15 is 0 Å². The Morgan fingerprint density at radius 1 is 1.12 bits per heavy atom. The molecule has 3 aromatic carbocycles. The Bertz CT molecular complexity index is 1900. The van der Waals surface area contributed by atoms with Crippen LogP contribution in [0.2, 0.25) is 0 Å². The Morgan fingerprint density at radius 3 is 2.62 bits per heavy atom. The third-order valence-corrected chi connectivity index (χ3v) is 7.87. The van der Waals surface area contributed by atoms with Crippen LogP contribution >= 0.6 is 0 Å². The number of ketones is 1. The van der Waals surface area contributed by atoms with Gasteiger partial charge in [0.2, 0.25) is 15.8 Å². The van der Waals surface area contributed by atoms with Crippen molar-refractivity contribution in [3.8, 4) is 22.9 Å². The Balaban J connectivity index is 1.41. The van der Waals surface area contributed by atoms with Gasteiger partial charge in [-0.2, -0.15) is 5.10 Å². The van der Waals surface area contributed by atoms with E-state index in [2.05, 4.69) is 14.8 Å². The number of sulfonamides is 1. The van der Waals surface area contributed by atoms with E-state index in [9.17, 15) is 22.0 Å². The molecule has 5 aromatic rings. The van der Waals surface area contributed by atoms with Gasteiger partial charge in [-0.1, -0.05) is 12.1 Å². The number of nitrogens with two attached hydrogens (primary N) is 1. The van der Waals surface area contributed by atoms with Gasteiger partial charge in [0.1, 0.15) is 17.3 Å².